The maximum atomic E-state index is 9.91. The minimum Gasteiger partial charge on any atom is -0.481 e. The number of carboxylic acid groups (broad SMARTS) is 2. The standard InChI is InChI=1S/C6H2Br4.C6H12O3.C4H6O2/c7-3-1-2-4(8)6(10)5(3)9;1-2-9-5-3-4-6(7)8;1-3(2)4(5)6/h1-2H;2-5H2,1H3,(H,7,8);1H2,2H3,(H,5,6). The van der Waals surface area contributed by atoms with E-state index in [0.717, 1.165) is 17.9 Å². The Morgan fingerprint density at radius 3 is 1.76 bits per heavy atom. The van der Waals surface area contributed by atoms with Crippen molar-refractivity contribution in [1.29, 1.82) is 0 Å². The van der Waals surface area contributed by atoms with Gasteiger partial charge in [-0.2, -0.15) is 0 Å². The highest BCUT2D eigenvalue weighted by Gasteiger charge is 2.03. The molecule has 1 aromatic rings. The van der Waals surface area contributed by atoms with Crippen LogP contribution >= 0.6 is 63.7 Å². The number of aliphatic carboxylic acids is 2. The summed E-state index contributed by atoms with van der Waals surface area (Å²) in [5.41, 5.74) is 0.176. The third kappa shape index (κ3) is 15.7. The molecular weight excluding hydrogens is 592 g/mol. The normalized spacial score (nSPS) is 9.20. The molecule has 0 bridgehead atoms. The van der Waals surface area contributed by atoms with Gasteiger partial charge in [0.25, 0.3) is 0 Å². The molecule has 0 amide bonds. The number of carboxylic acids is 2. The second-order valence-electron chi connectivity index (χ2n) is 4.44. The van der Waals surface area contributed by atoms with Crippen LogP contribution in [0.1, 0.15) is 26.7 Å². The molecule has 0 saturated carbocycles. The Labute approximate surface area is 181 Å². The summed E-state index contributed by atoms with van der Waals surface area (Å²) >= 11 is 13.6. The molecule has 0 aliphatic rings. The first-order chi connectivity index (χ1) is 11.5. The Balaban J connectivity index is 0. The van der Waals surface area contributed by atoms with Crippen LogP contribution in [0.5, 0.6) is 0 Å². The number of halogens is 4. The van der Waals surface area contributed by atoms with Crippen molar-refractivity contribution in [2.75, 3.05) is 13.2 Å². The van der Waals surface area contributed by atoms with Gasteiger partial charge < -0.3 is 14.9 Å². The topological polar surface area (TPSA) is 83.8 Å². The lowest BCUT2D eigenvalue weighted by molar-refractivity contribution is -0.137. The molecule has 0 spiro atoms. The first kappa shape index (κ1) is 27.0. The molecule has 0 aliphatic heterocycles. The summed E-state index contributed by atoms with van der Waals surface area (Å²) in [6.45, 7) is 7.72. The van der Waals surface area contributed by atoms with Gasteiger partial charge in [-0.3, -0.25) is 4.79 Å². The van der Waals surface area contributed by atoms with Gasteiger partial charge in [0, 0.05) is 43.1 Å². The van der Waals surface area contributed by atoms with E-state index in [9.17, 15) is 9.59 Å². The largest absolute Gasteiger partial charge is 0.481 e. The van der Waals surface area contributed by atoms with Crippen molar-refractivity contribution < 1.29 is 24.5 Å². The highest BCUT2D eigenvalue weighted by molar-refractivity contribution is 9.15. The molecule has 0 heterocycles. The molecule has 1 aromatic carbocycles. The summed E-state index contributed by atoms with van der Waals surface area (Å²) in [6, 6.07) is 3.94. The van der Waals surface area contributed by atoms with Gasteiger partial charge in [0.2, 0.25) is 0 Å². The van der Waals surface area contributed by atoms with Gasteiger partial charge >= 0.3 is 11.9 Å². The predicted molar refractivity (Wildman–Crippen MR) is 113 cm³/mol. The van der Waals surface area contributed by atoms with E-state index in [0.29, 0.717) is 19.6 Å². The van der Waals surface area contributed by atoms with Crippen molar-refractivity contribution in [1.82, 2.24) is 0 Å². The van der Waals surface area contributed by atoms with Crippen molar-refractivity contribution >= 4 is 75.7 Å². The van der Waals surface area contributed by atoms with Crippen LogP contribution in [0.4, 0.5) is 0 Å². The van der Waals surface area contributed by atoms with E-state index in [1.807, 2.05) is 19.1 Å². The van der Waals surface area contributed by atoms with E-state index < -0.39 is 11.9 Å². The summed E-state index contributed by atoms with van der Waals surface area (Å²) in [5.74, 6) is -1.69. The lowest BCUT2D eigenvalue weighted by atomic mass is 10.3. The fourth-order valence-corrected chi connectivity index (χ4v) is 2.86. The molecule has 0 atom stereocenters. The Bertz CT molecular complexity index is 537. The number of ether oxygens (including phenoxy) is 1. The van der Waals surface area contributed by atoms with Gasteiger partial charge in [-0.05, 0) is 96.1 Å². The van der Waals surface area contributed by atoms with Crippen LogP contribution in [-0.2, 0) is 14.3 Å². The molecule has 2 N–H and O–H groups in total. The smallest absolute Gasteiger partial charge is 0.330 e. The minimum absolute atomic E-state index is 0.176. The molecule has 25 heavy (non-hydrogen) atoms. The fourth-order valence-electron chi connectivity index (χ4n) is 0.972. The predicted octanol–water partition coefficient (Wildman–Crippen LogP) is 6.27. The molecule has 9 heteroatoms. The number of hydrogen-bond acceptors (Lipinski definition) is 3. The van der Waals surface area contributed by atoms with E-state index in [1.165, 1.54) is 6.92 Å². The average molecular weight is 612 g/mol. The van der Waals surface area contributed by atoms with Crippen molar-refractivity contribution in [2.45, 2.75) is 26.7 Å². The zero-order chi connectivity index (χ0) is 20.0. The van der Waals surface area contributed by atoms with Gasteiger partial charge in [-0.15, -0.1) is 0 Å². The van der Waals surface area contributed by atoms with Gasteiger partial charge in [-0.1, -0.05) is 6.58 Å². The molecule has 0 aromatic heterocycles. The molecule has 5 nitrogen and oxygen atoms in total. The van der Waals surface area contributed by atoms with Crippen molar-refractivity contribution in [2.24, 2.45) is 0 Å². The molecule has 0 unspecified atom stereocenters. The van der Waals surface area contributed by atoms with Crippen molar-refractivity contribution in [3.63, 3.8) is 0 Å². The van der Waals surface area contributed by atoms with E-state index >= 15 is 0 Å². The molecule has 0 saturated heterocycles. The van der Waals surface area contributed by atoms with Crippen LogP contribution in [0, 0.1) is 0 Å². The molecule has 1 rings (SSSR count). The van der Waals surface area contributed by atoms with Crippen LogP contribution in [0.3, 0.4) is 0 Å². The van der Waals surface area contributed by atoms with Crippen molar-refractivity contribution in [3.05, 3.63) is 42.2 Å². The number of hydrogen-bond donors (Lipinski definition) is 2. The lowest BCUT2D eigenvalue weighted by Gasteiger charge is -2.00. The molecule has 0 radical (unpaired) electrons. The summed E-state index contributed by atoms with van der Waals surface area (Å²) < 4.78 is 9.07. The number of carbonyl (C=O) groups is 2. The van der Waals surface area contributed by atoms with Gasteiger partial charge in [0.15, 0.2) is 0 Å². The van der Waals surface area contributed by atoms with Crippen LogP contribution < -0.4 is 0 Å². The van der Waals surface area contributed by atoms with Crippen molar-refractivity contribution in [3.8, 4) is 0 Å². The average Bonchev–Trinajstić information content (AvgIpc) is 2.54. The highest BCUT2D eigenvalue weighted by Crippen LogP contribution is 2.35. The summed E-state index contributed by atoms with van der Waals surface area (Å²) in [7, 11) is 0. The number of benzene rings is 1. The molecule has 0 aliphatic carbocycles. The third-order valence-corrected chi connectivity index (χ3v) is 6.80. The number of rotatable bonds is 6. The minimum atomic E-state index is -0.935. The van der Waals surface area contributed by atoms with E-state index in [-0.39, 0.29) is 12.0 Å². The summed E-state index contributed by atoms with van der Waals surface area (Å²) in [5, 5.41) is 16.0. The Morgan fingerprint density at radius 2 is 1.48 bits per heavy atom. The van der Waals surface area contributed by atoms with Gasteiger partial charge in [-0.25, -0.2) is 4.79 Å². The second kappa shape index (κ2) is 16.0. The molecular formula is C16H20Br4O5. The van der Waals surface area contributed by atoms with Crippen LogP contribution in [-0.4, -0.2) is 35.4 Å². The van der Waals surface area contributed by atoms with E-state index in [4.69, 9.17) is 14.9 Å². The summed E-state index contributed by atoms with van der Waals surface area (Å²) in [6.07, 6.45) is 0.823. The Hall–Kier alpha value is -0.220. The molecule has 142 valence electrons. The van der Waals surface area contributed by atoms with E-state index in [2.05, 4.69) is 70.3 Å². The maximum Gasteiger partial charge on any atom is 0.330 e. The van der Waals surface area contributed by atoms with Gasteiger partial charge in [0.05, 0.1) is 0 Å². The summed E-state index contributed by atoms with van der Waals surface area (Å²) in [4.78, 5) is 19.5. The first-order valence-electron chi connectivity index (χ1n) is 7.01. The maximum absolute atomic E-state index is 9.91. The van der Waals surface area contributed by atoms with Gasteiger partial charge in [0.1, 0.15) is 0 Å². The fraction of sp³-hybridized carbons (Fsp3) is 0.375. The Morgan fingerprint density at radius 1 is 1.08 bits per heavy atom. The highest BCUT2D eigenvalue weighted by atomic mass is 79.9. The zero-order valence-corrected chi connectivity index (χ0v) is 20.2. The Kier molecular flexibility index (Phi) is 17.3. The monoisotopic (exact) mass is 608 g/mol. The first-order valence-corrected chi connectivity index (χ1v) is 10.2. The van der Waals surface area contributed by atoms with Crippen LogP contribution in [0.15, 0.2) is 42.2 Å². The SMILES string of the molecule is Brc1ccc(Br)c(Br)c1Br.C=C(C)C(=O)O.CCOCCCC(=O)O. The lowest BCUT2D eigenvalue weighted by Crippen LogP contribution is -1.99. The second-order valence-corrected chi connectivity index (χ2v) is 7.73. The van der Waals surface area contributed by atoms with Crippen LogP contribution in [0.2, 0.25) is 0 Å². The quantitative estimate of drug-likeness (QED) is 0.171. The van der Waals surface area contributed by atoms with Crippen LogP contribution in [0.25, 0.3) is 0 Å². The zero-order valence-electron chi connectivity index (χ0n) is 13.8. The van der Waals surface area contributed by atoms with E-state index in [1.54, 1.807) is 0 Å². The molecule has 0 fully saturated rings. The third-order valence-electron chi connectivity index (χ3n) is 2.24.